The smallest absolute Gasteiger partial charge is 0.320 e. The van der Waals surface area contributed by atoms with Gasteiger partial charge in [-0.05, 0) is 12.8 Å². The molecule has 3 rings (SSSR count). The lowest BCUT2D eigenvalue weighted by Gasteiger charge is -2.33. The number of ether oxygens (including phenoxy) is 1. The summed E-state index contributed by atoms with van der Waals surface area (Å²) in [6, 6.07) is 8.90. The molecule has 2 aliphatic heterocycles. The Morgan fingerprint density at radius 3 is 2.48 bits per heavy atom. The summed E-state index contributed by atoms with van der Waals surface area (Å²) in [6.45, 7) is 3.05. The van der Waals surface area contributed by atoms with Crippen molar-refractivity contribution in [1.82, 2.24) is 9.80 Å². The fraction of sp³-hybridized carbons (Fsp3) is 0.500. The minimum absolute atomic E-state index is 0.0231. The summed E-state index contributed by atoms with van der Waals surface area (Å²) in [4.78, 5) is 28.7. The van der Waals surface area contributed by atoms with Crippen LogP contribution in [0.15, 0.2) is 30.3 Å². The second-order valence-corrected chi connectivity index (χ2v) is 5.46. The molecule has 2 saturated heterocycles. The van der Waals surface area contributed by atoms with Crippen LogP contribution in [0.5, 0.6) is 0 Å². The number of amides is 2. The normalized spacial score (nSPS) is 22.4. The summed E-state index contributed by atoms with van der Waals surface area (Å²) in [5.74, 6) is 0.0507. The Balaban J connectivity index is 1.73. The molecular formula is C16H20N2O3. The van der Waals surface area contributed by atoms with Crippen LogP contribution in [-0.4, -0.2) is 60.5 Å². The summed E-state index contributed by atoms with van der Waals surface area (Å²) >= 11 is 0. The first-order valence-corrected chi connectivity index (χ1v) is 7.50. The first kappa shape index (κ1) is 14.1. The number of likely N-dealkylation sites (tertiary alicyclic amines) is 1. The maximum absolute atomic E-state index is 12.6. The topological polar surface area (TPSA) is 49.9 Å². The summed E-state index contributed by atoms with van der Waals surface area (Å²) in [5, 5.41) is 0. The van der Waals surface area contributed by atoms with Crippen molar-refractivity contribution >= 4 is 11.8 Å². The molecule has 0 saturated carbocycles. The van der Waals surface area contributed by atoms with Crippen molar-refractivity contribution in [3.05, 3.63) is 35.9 Å². The number of hydrogen-bond acceptors (Lipinski definition) is 3. The van der Waals surface area contributed by atoms with Crippen LogP contribution >= 0.6 is 0 Å². The van der Waals surface area contributed by atoms with Crippen molar-refractivity contribution < 1.29 is 14.3 Å². The molecule has 0 radical (unpaired) electrons. The minimum Gasteiger partial charge on any atom is -0.378 e. The first-order valence-electron chi connectivity index (χ1n) is 7.50. The summed E-state index contributed by atoms with van der Waals surface area (Å²) < 4.78 is 5.28. The highest BCUT2D eigenvalue weighted by atomic mass is 16.5. The predicted molar refractivity (Wildman–Crippen MR) is 78.3 cm³/mol. The van der Waals surface area contributed by atoms with Crippen LogP contribution < -0.4 is 0 Å². The van der Waals surface area contributed by atoms with E-state index in [-0.39, 0.29) is 17.9 Å². The molecule has 0 aliphatic carbocycles. The Labute approximate surface area is 124 Å². The third kappa shape index (κ3) is 2.93. The molecule has 1 unspecified atom stereocenters. The van der Waals surface area contributed by atoms with Gasteiger partial charge in [0.25, 0.3) is 0 Å². The number of carbonyl (C=O) groups excluding carboxylic acids is 2. The van der Waals surface area contributed by atoms with Gasteiger partial charge < -0.3 is 14.5 Å². The number of hydrogen-bond donors (Lipinski definition) is 0. The number of nitrogens with zero attached hydrogens (tertiary/aromatic N) is 2. The van der Waals surface area contributed by atoms with E-state index in [2.05, 4.69) is 0 Å². The van der Waals surface area contributed by atoms with Crippen LogP contribution in [0, 0.1) is 0 Å². The summed E-state index contributed by atoms with van der Waals surface area (Å²) in [7, 11) is 0. The van der Waals surface area contributed by atoms with Crippen molar-refractivity contribution in [2.24, 2.45) is 0 Å². The zero-order valence-electron chi connectivity index (χ0n) is 12.0. The van der Waals surface area contributed by atoms with E-state index >= 15 is 0 Å². The Hall–Kier alpha value is -1.88. The zero-order valence-corrected chi connectivity index (χ0v) is 12.0. The Bertz CT molecular complexity index is 512. The summed E-state index contributed by atoms with van der Waals surface area (Å²) in [5.41, 5.74) is 0.684. The predicted octanol–water partition coefficient (Wildman–Crippen LogP) is 1.79. The third-order valence-corrected chi connectivity index (χ3v) is 4.14. The van der Waals surface area contributed by atoms with Gasteiger partial charge in [-0.2, -0.15) is 0 Å². The molecule has 0 aromatic heterocycles. The van der Waals surface area contributed by atoms with Gasteiger partial charge in [0.15, 0.2) is 5.78 Å². The van der Waals surface area contributed by atoms with E-state index in [4.69, 9.17) is 4.74 Å². The number of morpholine rings is 1. The van der Waals surface area contributed by atoms with Crippen molar-refractivity contribution in [3.63, 3.8) is 0 Å². The maximum atomic E-state index is 12.6. The number of urea groups is 1. The third-order valence-electron chi connectivity index (χ3n) is 4.14. The van der Waals surface area contributed by atoms with Crippen LogP contribution in [0.4, 0.5) is 4.79 Å². The maximum Gasteiger partial charge on any atom is 0.320 e. The number of ketones is 1. The van der Waals surface area contributed by atoms with E-state index in [1.54, 1.807) is 9.80 Å². The van der Waals surface area contributed by atoms with Crippen LogP contribution in [0.25, 0.3) is 0 Å². The SMILES string of the molecule is O=C(c1ccccc1)C1CCCN1C(=O)N1CCOCC1. The molecule has 2 amide bonds. The zero-order chi connectivity index (χ0) is 14.7. The van der Waals surface area contributed by atoms with E-state index in [0.29, 0.717) is 38.4 Å². The molecule has 2 aliphatic rings. The van der Waals surface area contributed by atoms with E-state index in [9.17, 15) is 9.59 Å². The van der Waals surface area contributed by atoms with Crippen molar-refractivity contribution in [1.29, 1.82) is 0 Å². The lowest BCUT2D eigenvalue weighted by molar-refractivity contribution is 0.0415. The Morgan fingerprint density at radius 2 is 1.76 bits per heavy atom. The average molecular weight is 288 g/mol. The Morgan fingerprint density at radius 1 is 1.05 bits per heavy atom. The van der Waals surface area contributed by atoms with Gasteiger partial charge >= 0.3 is 6.03 Å². The molecule has 21 heavy (non-hydrogen) atoms. The van der Waals surface area contributed by atoms with Gasteiger partial charge in [-0.15, -0.1) is 0 Å². The Kier molecular flexibility index (Phi) is 4.20. The lowest BCUT2D eigenvalue weighted by Crippen LogP contribution is -2.51. The van der Waals surface area contributed by atoms with Gasteiger partial charge in [-0.1, -0.05) is 30.3 Å². The van der Waals surface area contributed by atoms with Gasteiger partial charge in [0.1, 0.15) is 0 Å². The van der Waals surface area contributed by atoms with E-state index in [0.717, 1.165) is 12.8 Å². The highest BCUT2D eigenvalue weighted by Gasteiger charge is 2.36. The van der Waals surface area contributed by atoms with Gasteiger partial charge in [0.05, 0.1) is 19.3 Å². The molecule has 2 heterocycles. The number of rotatable bonds is 2. The monoisotopic (exact) mass is 288 g/mol. The second-order valence-electron chi connectivity index (χ2n) is 5.46. The fourth-order valence-corrected chi connectivity index (χ4v) is 3.00. The lowest BCUT2D eigenvalue weighted by atomic mass is 10.0. The van der Waals surface area contributed by atoms with Crippen molar-refractivity contribution in [2.75, 3.05) is 32.8 Å². The van der Waals surface area contributed by atoms with Crippen molar-refractivity contribution in [3.8, 4) is 0 Å². The number of benzene rings is 1. The molecule has 0 bridgehead atoms. The molecular weight excluding hydrogens is 268 g/mol. The molecule has 1 atom stereocenters. The highest BCUT2D eigenvalue weighted by Crippen LogP contribution is 2.23. The largest absolute Gasteiger partial charge is 0.378 e. The molecule has 112 valence electrons. The standard InChI is InChI=1S/C16H20N2O3/c19-15(13-5-2-1-3-6-13)14-7-4-8-18(14)16(20)17-9-11-21-12-10-17/h1-3,5-6,14H,4,7-12H2. The minimum atomic E-state index is -0.317. The molecule has 1 aromatic rings. The van der Waals surface area contributed by atoms with E-state index in [1.165, 1.54) is 0 Å². The molecule has 0 N–H and O–H groups in total. The van der Waals surface area contributed by atoms with Gasteiger partial charge in [0.2, 0.25) is 0 Å². The quantitative estimate of drug-likeness (QED) is 0.780. The van der Waals surface area contributed by atoms with E-state index in [1.807, 2.05) is 30.3 Å². The van der Waals surface area contributed by atoms with Crippen LogP contribution in [-0.2, 0) is 4.74 Å². The van der Waals surface area contributed by atoms with Crippen LogP contribution in [0.3, 0.4) is 0 Å². The molecule has 1 aromatic carbocycles. The highest BCUT2D eigenvalue weighted by molar-refractivity contribution is 6.02. The molecule has 5 nitrogen and oxygen atoms in total. The number of carbonyl (C=O) groups is 2. The van der Waals surface area contributed by atoms with Crippen LogP contribution in [0.2, 0.25) is 0 Å². The van der Waals surface area contributed by atoms with Crippen LogP contribution in [0.1, 0.15) is 23.2 Å². The van der Waals surface area contributed by atoms with Crippen molar-refractivity contribution in [2.45, 2.75) is 18.9 Å². The fourth-order valence-electron chi connectivity index (χ4n) is 3.00. The number of Topliss-reactive ketones (excluding diaryl/α,β-unsaturated/α-hetero) is 1. The van der Waals surface area contributed by atoms with Gasteiger partial charge in [-0.25, -0.2) is 4.79 Å². The van der Waals surface area contributed by atoms with Gasteiger partial charge in [-0.3, -0.25) is 4.79 Å². The molecule has 2 fully saturated rings. The second kappa shape index (κ2) is 6.26. The molecule has 5 heteroatoms. The molecule has 0 spiro atoms. The van der Waals surface area contributed by atoms with E-state index < -0.39 is 0 Å². The van der Waals surface area contributed by atoms with Gasteiger partial charge in [0, 0.05) is 25.2 Å². The summed E-state index contributed by atoms with van der Waals surface area (Å²) in [6.07, 6.45) is 1.64. The first-order chi connectivity index (χ1) is 10.3. The average Bonchev–Trinajstić information content (AvgIpc) is 3.04.